The van der Waals surface area contributed by atoms with Gasteiger partial charge in [0.05, 0.1) is 0 Å². The highest BCUT2D eigenvalue weighted by Crippen LogP contribution is 2.07. The van der Waals surface area contributed by atoms with Gasteiger partial charge in [-0.15, -0.1) is 0 Å². The number of hydrogen-bond acceptors (Lipinski definition) is 5. The Hall–Kier alpha value is -1.10. The van der Waals surface area contributed by atoms with Crippen LogP contribution in [0.4, 0.5) is 6.01 Å². The van der Waals surface area contributed by atoms with Crippen LogP contribution in [-0.4, -0.2) is 41.2 Å². The Kier molecular flexibility index (Phi) is 4.16. The summed E-state index contributed by atoms with van der Waals surface area (Å²) in [5, 5.41) is 7.06. The van der Waals surface area contributed by atoms with Gasteiger partial charge in [-0.3, -0.25) is 0 Å². The average molecular weight is 224 g/mol. The van der Waals surface area contributed by atoms with Crippen molar-refractivity contribution in [1.29, 1.82) is 0 Å². The maximum Gasteiger partial charge on any atom is 0.321 e. The van der Waals surface area contributed by atoms with Crippen LogP contribution in [0.5, 0.6) is 0 Å². The van der Waals surface area contributed by atoms with E-state index in [-0.39, 0.29) is 0 Å². The van der Waals surface area contributed by atoms with E-state index in [1.807, 2.05) is 0 Å². The van der Waals surface area contributed by atoms with Gasteiger partial charge in [0.25, 0.3) is 0 Å². The van der Waals surface area contributed by atoms with E-state index < -0.39 is 0 Å². The minimum Gasteiger partial charge on any atom is -0.336 e. The standard InChI is InChI=1S/C11H20N4O/c1-2-5-10-13-11(16-14-10)12-6-9-15-7-3-4-8-15/h2-9H2,1H3,(H,12,13,14). The molecule has 0 aromatic carbocycles. The highest BCUT2D eigenvalue weighted by molar-refractivity contribution is 5.17. The molecule has 0 saturated carbocycles. The third kappa shape index (κ3) is 3.20. The number of nitrogens with one attached hydrogen (secondary N) is 1. The Bertz CT molecular complexity index is 307. The predicted octanol–water partition coefficient (Wildman–Crippen LogP) is 1.53. The molecule has 1 aromatic rings. The summed E-state index contributed by atoms with van der Waals surface area (Å²) in [6.07, 6.45) is 4.60. The second-order valence-electron chi connectivity index (χ2n) is 4.24. The van der Waals surface area contributed by atoms with E-state index in [0.29, 0.717) is 6.01 Å². The van der Waals surface area contributed by atoms with Crippen molar-refractivity contribution in [3.8, 4) is 0 Å². The molecule has 0 unspecified atom stereocenters. The SMILES string of the molecule is CCCc1noc(NCCN2CCCC2)n1. The van der Waals surface area contributed by atoms with Gasteiger partial charge in [0, 0.05) is 19.5 Å². The van der Waals surface area contributed by atoms with Crippen LogP contribution in [0.15, 0.2) is 4.52 Å². The Morgan fingerprint density at radius 2 is 2.19 bits per heavy atom. The Morgan fingerprint density at radius 1 is 1.38 bits per heavy atom. The van der Waals surface area contributed by atoms with Crippen LogP contribution in [0, 0.1) is 0 Å². The van der Waals surface area contributed by atoms with Gasteiger partial charge in [-0.2, -0.15) is 4.98 Å². The van der Waals surface area contributed by atoms with Crippen molar-refractivity contribution >= 4 is 6.01 Å². The molecular formula is C11H20N4O. The third-order valence-corrected chi connectivity index (χ3v) is 2.84. The second-order valence-corrected chi connectivity index (χ2v) is 4.24. The molecule has 5 nitrogen and oxygen atoms in total. The maximum atomic E-state index is 5.09. The zero-order chi connectivity index (χ0) is 11.2. The number of aryl methyl sites for hydroxylation is 1. The van der Waals surface area contributed by atoms with Crippen LogP contribution in [0.3, 0.4) is 0 Å². The highest BCUT2D eigenvalue weighted by atomic mass is 16.5. The first-order chi connectivity index (χ1) is 7.88. The quantitative estimate of drug-likeness (QED) is 0.794. The van der Waals surface area contributed by atoms with E-state index in [9.17, 15) is 0 Å². The van der Waals surface area contributed by atoms with E-state index in [1.165, 1.54) is 25.9 Å². The molecule has 5 heteroatoms. The van der Waals surface area contributed by atoms with Gasteiger partial charge in [-0.25, -0.2) is 0 Å². The third-order valence-electron chi connectivity index (χ3n) is 2.84. The summed E-state index contributed by atoms with van der Waals surface area (Å²) in [7, 11) is 0. The first kappa shape index (κ1) is 11.4. The van der Waals surface area contributed by atoms with Gasteiger partial charge < -0.3 is 14.7 Å². The average Bonchev–Trinajstić information content (AvgIpc) is 2.90. The van der Waals surface area contributed by atoms with Gasteiger partial charge in [0.1, 0.15) is 0 Å². The van der Waals surface area contributed by atoms with E-state index >= 15 is 0 Å². The van der Waals surface area contributed by atoms with Crippen molar-refractivity contribution in [2.45, 2.75) is 32.6 Å². The highest BCUT2D eigenvalue weighted by Gasteiger charge is 2.11. The molecule has 0 radical (unpaired) electrons. The fraction of sp³-hybridized carbons (Fsp3) is 0.818. The number of likely N-dealkylation sites (tertiary alicyclic amines) is 1. The summed E-state index contributed by atoms with van der Waals surface area (Å²) < 4.78 is 5.09. The Labute approximate surface area is 96.2 Å². The molecule has 2 heterocycles. The normalized spacial score (nSPS) is 16.8. The zero-order valence-electron chi connectivity index (χ0n) is 9.91. The van der Waals surface area contributed by atoms with Gasteiger partial charge in [-0.05, 0) is 32.4 Å². The molecule has 2 rings (SSSR count). The van der Waals surface area contributed by atoms with Crippen molar-refractivity contribution in [1.82, 2.24) is 15.0 Å². The minimum absolute atomic E-state index is 0.558. The molecule has 1 fully saturated rings. The summed E-state index contributed by atoms with van der Waals surface area (Å²) in [4.78, 5) is 6.71. The van der Waals surface area contributed by atoms with E-state index in [4.69, 9.17) is 4.52 Å². The van der Waals surface area contributed by atoms with Crippen molar-refractivity contribution in [2.75, 3.05) is 31.5 Å². The molecule has 90 valence electrons. The summed E-state index contributed by atoms with van der Waals surface area (Å²) in [5.41, 5.74) is 0. The van der Waals surface area contributed by atoms with Crippen molar-refractivity contribution in [2.24, 2.45) is 0 Å². The lowest BCUT2D eigenvalue weighted by molar-refractivity contribution is 0.349. The van der Waals surface area contributed by atoms with Gasteiger partial charge in [0.15, 0.2) is 5.82 Å². The van der Waals surface area contributed by atoms with Crippen molar-refractivity contribution in [3.05, 3.63) is 5.82 Å². The second kappa shape index (κ2) is 5.84. The van der Waals surface area contributed by atoms with Gasteiger partial charge in [-0.1, -0.05) is 12.1 Å². The molecule has 1 aliphatic rings. The zero-order valence-corrected chi connectivity index (χ0v) is 9.91. The van der Waals surface area contributed by atoms with E-state index in [2.05, 4.69) is 27.3 Å². The summed E-state index contributed by atoms with van der Waals surface area (Å²) >= 11 is 0. The number of anilines is 1. The van der Waals surface area contributed by atoms with Crippen LogP contribution in [-0.2, 0) is 6.42 Å². The van der Waals surface area contributed by atoms with E-state index in [1.54, 1.807) is 0 Å². The minimum atomic E-state index is 0.558. The number of hydrogen-bond donors (Lipinski definition) is 1. The smallest absolute Gasteiger partial charge is 0.321 e. The molecule has 1 aromatic heterocycles. The molecule has 1 N–H and O–H groups in total. The molecule has 0 spiro atoms. The largest absolute Gasteiger partial charge is 0.336 e. The molecular weight excluding hydrogens is 204 g/mol. The van der Waals surface area contributed by atoms with Gasteiger partial charge >= 0.3 is 6.01 Å². The van der Waals surface area contributed by atoms with Crippen LogP contribution < -0.4 is 5.32 Å². The molecule has 16 heavy (non-hydrogen) atoms. The molecule has 1 aliphatic heterocycles. The number of aromatic nitrogens is 2. The van der Waals surface area contributed by atoms with Crippen molar-refractivity contribution in [3.63, 3.8) is 0 Å². The fourth-order valence-corrected chi connectivity index (χ4v) is 1.98. The first-order valence-corrected chi connectivity index (χ1v) is 6.17. The van der Waals surface area contributed by atoms with E-state index in [0.717, 1.165) is 31.8 Å². The number of nitrogens with zero attached hydrogens (tertiary/aromatic N) is 3. The molecule has 0 amide bonds. The maximum absolute atomic E-state index is 5.09. The topological polar surface area (TPSA) is 54.2 Å². The van der Waals surface area contributed by atoms with Crippen LogP contribution in [0.25, 0.3) is 0 Å². The molecule has 0 bridgehead atoms. The first-order valence-electron chi connectivity index (χ1n) is 6.17. The lowest BCUT2D eigenvalue weighted by Gasteiger charge is -2.13. The van der Waals surface area contributed by atoms with Crippen LogP contribution in [0.2, 0.25) is 0 Å². The predicted molar refractivity (Wildman–Crippen MR) is 62.5 cm³/mol. The molecule has 1 saturated heterocycles. The summed E-state index contributed by atoms with van der Waals surface area (Å²) in [5.74, 6) is 0.797. The Balaban J connectivity index is 1.67. The fourth-order valence-electron chi connectivity index (χ4n) is 1.98. The molecule has 0 aliphatic carbocycles. The van der Waals surface area contributed by atoms with Gasteiger partial charge in [0.2, 0.25) is 0 Å². The number of rotatable bonds is 6. The van der Waals surface area contributed by atoms with Crippen LogP contribution in [0.1, 0.15) is 32.0 Å². The lowest BCUT2D eigenvalue weighted by Crippen LogP contribution is -2.26. The lowest BCUT2D eigenvalue weighted by atomic mass is 10.3. The summed E-state index contributed by atoms with van der Waals surface area (Å²) in [6.45, 7) is 6.51. The summed E-state index contributed by atoms with van der Waals surface area (Å²) in [6, 6.07) is 0.558. The monoisotopic (exact) mass is 224 g/mol. The Morgan fingerprint density at radius 3 is 2.94 bits per heavy atom. The molecule has 0 atom stereocenters. The van der Waals surface area contributed by atoms with Crippen LogP contribution >= 0.6 is 0 Å². The van der Waals surface area contributed by atoms with Crippen molar-refractivity contribution < 1.29 is 4.52 Å².